The van der Waals surface area contributed by atoms with Crippen molar-refractivity contribution >= 4 is 36.2 Å². The molecule has 1 fully saturated rings. The fraction of sp³-hybridized carbons (Fsp3) is 0.250. The Morgan fingerprint density at radius 1 is 0.816 bits per heavy atom. The third-order valence-electron chi connectivity index (χ3n) is 6.34. The third-order valence-corrected chi connectivity index (χ3v) is 6.34. The summed E-state index contributed by atoms with van der Waals surface area (Å²) in [7, 11) is 4.00. The number of nitrogens with zero attached hydrogens (tertiary/aromatic N) is 2. The Morgan fingerprint density at radius 2 is 1.29 bits per heavy atom. The van der Waals surface area contributed by atoms with E-state index < -0.39 is 0 Å². The Hall–Kier alpha value is -3.67. The number of amides is 1. The summed E-state index contributed by atoms with van der Waals surface area (Å²) >= 11 is 0. The van der Waals surface area contributed by atoms with Gasteiger partial charge in [-0.25, -0.2) is 0 Å². The van der Waals surface area contributed by atoms with E-state index in [1.54, 1.807) is 17.0 Å². The van der Waals surface area contributed by atoms with Crippen molar-refractivity contribution in [1.82, 2.24) is 9.80 Å². The summed E-state index contributed by atoms with van der Waals surface area (Å²) in [5.74, 6) is 0.596. The quantitative estimate of drug-likeness (QED) is 0.359. The molecule has 1 aliphatic heterocycles. The van der Waals surface area contributed by atoms with E-state index in [2.05, 4.69) is 4.90 Å². The molecule has 1 aliphatic rings. The first-order valence-electron chi connectivity index (χ1n) is 12.5. The van der Waals surface area contributed by atoms with Gasteiger partial charge in [0.05, 0.1) is 13.1 Å². The summed E-state index contributed by atoms with van der Waals surface area (Å²) in [4.78, 5) is 30.8. The van der Waals surface area contributed by atoms with E-state index in [4.69, 9.17) is 4.74 Å². The standard InChI is InChI=1S/C32H34N2O3.ClH/c1-23-5-9-25(10-6-23)19-28-21-34(22-29(31(28)35)20-26-11-7-24(2)8-12-26)32(36)27-13-15-30(16-14-27)37-18-17-33(3)4;/h5-16,19-20H,17-18,21-22H2,1-4H3;1H. The molecule has 1 heterocycles. The van der Waals surface area contributed by atoms with Crippen molar-refractivity contribution in [3.63, 3.8) is 0 Å². The van der Waals surface area contributed by atoms with Crippen LogP contribution < -0.4 is 4.74 Å². The smallest absolute Gasteiger partial charge is 0.254 e. The Kier molecular flexibility index (Phi) is 10.1. The van der Waals surface area contributed by atoms with Crippen molar-refractivity contribution in [2.45, 2.75) is 13.8 Å². The molecule has 0 N–H and O–H groups in total. The van der Waals surface area contributed by atoms with Crippen molar-refractivity contribution in [2.24, 2.45) is 0 Å². The minimum Gasteiger partial charge on any atom is -0.492 e. The second-order valence-corrected chi connectivity index (χ2v) is 9.83. The number of aryl methyl sites for hydroxylation is 2. The second-order valence-electron chi connectivity index (χ2n) is 9.83. The van der Waals surface area contributed by atoms with E-state index in [1.165, 1.54) is 0 Å². The van der Waals surface area contributed by atoms with E-state index in [0.29, 0.717) is 23.3 Å². The average molecular weight is 531 g/mol. The number of likely N-dealkylation sites (tertiary alicyclic amines) is 1. The van der Waals surface area contributed by atoms with E-state index in [-0.39, 0.29) is 37.2 Å². The highest BCUT2D eigenvalue weighted by atomic mass is 35.5. The van der Waals surface area contributed by atoms with Crippen molar-refractivity contribution < 1.29 is 14.3 Å². The van der Waals surface area contributed by atoms with Gasteiger partial charge in [-0.05, 0) is 75.5 Å². The number of carbonyl (C=O) groups excluding carboxylic acids is 2. The number of hydrogen-bond donors (Lipinski definition) is 0. The Labute approximate surface area is 231 Å². The van der Waals surface area contributed by atoms with Gasteiger partial charge in [-0.1, -0.05) is 59.7 Å². The highest BCUT2D eigenvalue weighted by molar-refractivity contribution is 6.15. The number of piperidine rings is 1. The van der Waals surface area contributed by atoms with Crippen LogP contribution in [0.3, 0.4) is 0 Å². The summed E-state index contributed by atoms with van der Waals surface area (Å²) in [6.07, 6.45) is 3.79. The Bertz CT molecular complexity index is 1240. The highest BCUT2D eigenvalue weighted by Crippen LogP contribution is 2.24. The molecular formula is C32H35ClN2O3. The molecule has 0 spiro atoms. The number of benzene rings is 3. The fourth-order valence-corrected chi connectivity index (χ4v) is 4.13. The molecule has 0 atom stereocenters. The normalized spacial score (nSPS) is 15.6. The van der Waals surface area contributed by atoms with Gasteiger partial charge in [0, 0.05) is 23.3 Å². The number of carbonyl (C=O) groups is 2. The van der Waals surface area contributed by atoms with Gasteiger partial charge in [0.2, 0.25) is 0 Å². The third kappa shape index (κ3) is 7.67. The summed E-state index contributed by atoms with van der Waals surface area (Å²) in [6, 6.07) is 23.3. The second kappa shape index (κ2) is 13.2. The molecule has 0 radical (unpaired) electrons. The lowest BCUT2D eigenvalue weighted by Crippen LogP contribution is -2.41. The minimum absolute atomic E-state index is 0. The average Bonchev–Trinajstić information content (AvgIpc) is 2.88. The molecule has 38 heavy (non-hydrogen) atoms. The van der Waals surface area contributed by atoms with Crippen LogP contribution in [-0.4, -0.2) is 61.8 Å². The van der Waals surface area contributed by atoms with Crippen molar-refractivity contribution in [1.29, 1.82) is 0 Å². The molecule has 4 rings (SSSR count). The van der Waals surface area contributed by atoms with E-state index in [0.717, 1.165) is 34.5 Å². The van der Waals surface area contributed by atoms with Crippen LogP contribution in [0.1, 0.15) is 32.6 Å². The van der Waals surface area contributed by atoms with Crippen LogP contribution in [-0.2, 0) is 4.79 Å². The zero-order valence-corrected chi connectivity index (χ0v) is 23.3. The molecule has 0 aromatic heterocycles. The molecule has 1 amide bonds. The van der Waals surface area contributed by atoms with Gasteiger partial charge in [0.15, 0.2) is 5.78 Å². The predicted molar refractivity (Wildman–Crippen MR) is 157 cm³/mol. The van der Waals surface area contributed by atoms with Crippen molar-refractivity contribution in [3.05, 3.63) is 112 Å². The lowest BCUT2D eigenvalue weighted by Gasteiger charge is -2.30. The van der Waals surface area contributed by atoms with Gasteiger partial charge in [-0.2, -0.15) is 0 Å². The van der Waals surface area contributed by atoms with Crippen LogP contribution >= 0.6 is 12.4 Å². The van der Waals surface area contributed by atoms with Crippen LogP contribution in [0.25, 0.3) is 12.2 Å². The zero-order valence-electron chi connectivity index (χ0n) is 22.4. The van der Waals surface area contributed by atoms with Crippen LogP contribution in [0.4, 0.5) is 0 Å². The zero-order chi connectivity index (χ0) is 26.4. The first-order valence-corrected chi connectivity index (χ1v) is 12.5. The van der Waals surface area contributed by atoms with Crippen LogP contribution in [0.2, 0.25) is 0 Å². The topological polar surface area (TPSA) is 49.9 Å². The number of likely N-dealkylation sites (N-methyl/N-ethyl adjacent to an activating group) is 1. The van der Waals surface area contributed by atoms with Gasteiger partial charge in [-0.3, -0.25) is 9.59 Å². The van der Waals surface area contributed by atoms with Gasteiger partial charge in [0.1, 0.15) is 12.4 Å². The molecule has 6 heteroatoms. The van der Waals surface area contributed by atoms with Crippen LogP contribution in [0.15, 0.2) is 83.9 Å². The number of halogens is 1. The molecule has 0 unspecified atom stereocenters. The maximum Gasteiger partial charge on any atom is 0.254 e. The molecule has 3 aromatic rings. The van der Waals surface area contributed by atoms with Crippen LogP contribution in [0, 0.1) is 13.8 Å². The van der Waals surface area contributed by atoms with E-state index in [9.17, 15) is 9.59 Å². The minimum atomic E-state index is -0.114. The van der Waals surface area contributed by atoms with Gasteiger partial charge in [-0.15, -0.1) is 12.4 Å². The maximum absolute atomic E-state index is 13.5. The van der Waals surface area contributed by atoms with Gasteiger partial charge < -0.3 is 14.5 Å². The van der Waals surface area contributed by atoms with E-state index >= 15 is 0 Å². The SMILES string of the molecule is Cc1ccc(C=C2CN(C(=O)c3ccc(OCCN(C)C)cc3)CC(=Cc3ccc(C)cc3)C2=O)cc1.Cl. The highest BCUT2D eigenvalue weighted by Gasteiger charge is 2.29. The van der Waals surface area contributed by atoms with Gasteiger partial charge in [0.25, 0.3) is 5.91 Å². The number of Topliss-reactive ketones (excluding diaryl/α,β-unsaturated/α-hetero) is 1. The molecule has 0 saturated carbocycles. The van der Waals surface area contributed by atoms with Crippen molar-refractivity contribution in [2.75, 3.05) is 40.3 Å². The number of ketones is 1. The van der Waals surface area contributed by atoms with Crippen molar-refractivity contribution in [3.8, 4) is 5.75 Å². The predicted octanol–water partition coefficient (Wildman–Crippen LogP) is 5.86. The lowest BCUT2D eigenvalue weighted by molar-refractivity contribution is -0.113. The number of ether oxygens (including phenoxy) is 1. The number of rotatable bonds is 7. The number of hydrogen-bond acceptors (Lipinski definition) is 4. The summed E-state index contributed by atoms with van der Waals surface area (Å²) in [5.41, 5.74) is 5.97. The molecule has 3 aromatic carbocycles. The largest absolute Gasteiger partial charge is 0.492 e. The molecule has 1 saturated heterocycles. The summed E-state index contributed by atoms with van der Waals surface area (Å²) in [6.45, 7) is 5.98. The molecule has 0 aliphatic carbocycles. The lowest BCUT2D eigenvalue weighted by atomic mass is 9.93. The first-order chi connectivity index (χ1) is 17.8. The summed E-state index contributed by atoms with van der Waals surface area (Å²) < 4.78 is 5.77. The van der Waals surface area contributed by atoms with Crippen LogP contribution in [0.5, 0.6) is 5.75 Å². The molecule has 198 valence electrons. The maximum atomic E-state index is 13.5. The fourth-order valence-electron chi connectivity index (χ4n) is 4.13. The Balaban J connectivity index is 0.00000400. The monoisotopic (exact) mass is 530 g/mol. The van der Waals surface area contributed by atoms with Gasteiger partial charge >= 0.3 is 0 Å². The Morgan fingerprint density at radius 3 is 1.74 bits per heavy atom. The summed E-state index contributed by atoms with van der Waals surface area (Å²) in [5, 5.41) is 0. The van der Waals surface area contributed by atoms with E-state index in [1.807, 2.05) is 101 Å². The molecular weight excluding hydrogens is 496 g/mol. The first kappa shape index (κ1) is 28.9. The molecule has 0 bridgehead atoms. The molecule has 5 nitrogen and oxygen atoms in total.